The van der Waals surface area contributed by atoms with Crippen molar-refractivity contribution in [2.45, 2.75) is 77.7 Å². The van der Waals surface area contributed by atoms with E-state index in [9.17, 15) is 4.57 Å². The van der Waals surface area contributed by atoms with E-state index in [0.717, 1.165) is 24.3 Å². The lowest BCUT2D eigenvalue weighted by molar-refractivity contribution is 0.304. The second kappa shape index (κ2) is 15.1. The van der Waals surface area contributed by atoms with Crippen molar-refractivity contribution in [2.75, 3.05) is 19.3 Å². The van der Waals surface area contributed by atoms with Gasteiger partial charge in [0.2, 0.25) is 0 Å². The molecule has 3 N–H and O–H groups in total. The second-order valence-electron chi connectivity index (χ2n) is 7.24. The van der Waals surface area contributed by atoms with Crippen LogP contribution in [-0.2, 0) is 11.1 Å². The second-order valence-corrected chi connectivity index (χ2v) is 9.02. The molecule has 6 heteroatoms. The summed E-state index contributed by atoms with van der Waals surface area (Å²) in [5, 5.41) is 3.20. The van der Waals surface area contributed by atoms with Crippen LogP contribution in [-0.4, -0.2) is 29.1 Å². The zero-order valence-corrected chi connectivity index (χ0v) is 17.8. The first-order valence-electron chi connectivity index (χ1n) is 10.5. The van der Waals surface area contributed by atoms with Gasteiger partial charge in [0.15, 0.2) is 0 Å². The Hall–Kier alpha value is -0.870. The van der Waals surface area contributed by atoms with Crippen LogP contribution in [0, 0.1) is 0 Å². The Balaban J connectivity index is 2.00. The highest BCUT2D eigenvalue weighted by molar-refractivity contribution is 7.51. The highest BCUT2D eigenvalue weighted by Crippen LogP contribution is 2.34. The van der Waals surface area contributed by atoms with Crippen LogP contribution in [0.2, 0.25) is 0 Å². The van der Waals surface area contributed by atoms with E-state index in [1.165, 1.54) is 51.4 Å². The molecule has 1 rings (SSSR count). The predicted octanol–water partition coefficient (Wildman–Crippen LogP) is 5.25. The van der Waals surface area contributed by atoms with Gasteiger partial charge in [0, 0.05) is 6.54 Å². The lowest BCUT2D eigenvalue weighted by Gasteiger charge is -2.09. The number of hydrogen-bond donors (Lipinski definition) is 3. The van der Waals surface area contributed by atoms with Crippen molar-refractivity contribution < 1.29 is 19.1 Å². The lowest BCUT2D eigenvalue weighted by atomic mass is 10.1. The van der Waals surface area contributed by atoms with Crippen LogP contribution in [0.3, 0.4) is 0 Å². The van der Waals surface area contributed by atoms with E-state index >= 15 is 0 Å². The fourth-order valence-corrected chi connectivity index (χ4v) is 3.52. The molecule has 0 fully saturated rings. The van der Waals surface area contributed by atoms with E-state index < -0.39 is 7.60 Å². The van der Waals surface area contributed by atoms with Crippen LogP contribution in [0.1, 0.15) is 76.7 Å². The molecule has 0 heterocycles. The van der Waals surface area contributed by atoms with Crippen molar-refractivity contribution in [3.05, 3.63) is 29.8 Å². The summed E-state index contributed by atoms with van der Waals surface area (Å²) >= 11 is 0. The number of nitrogens with one attached hydrogen (secondary N) is 1. The van der Waals surface area contributed by atoms with E-state index in [1.807, 2.05) is 24.3 Å². The maximum atomic E-state index is 10.8. The zero-order chi connectivity index (χ0) is 19.8. The molecule has 0 atom stereocenters. The molecule has 1 aromatic carbocycles. The Labute approximate surface area is 165 Å². The Bertz CT molecular complexity index is 515. The van der Waals surface area contributed by atoms with Gasteiger partial charge in [-0.15, -0.1) is 0 Å². The van der Waals surface area contributed by atoms with Crippen molar-refractivity contribution in [3.8, 4) is 5.75 Å². The Morgan fingerprint density at radius 3 is 2.07 bits per heavy atom. The summed E-state index contributed by atoms with van der Waals surface area (Å²) in [4.78, 5) is 17.6. The first-order chi connectivity index (χ1) is 13.0. The molecule has 0 amide bonds. The van der Waals surface area contributed by atoms with Gasteiger partial charge in [-0.3, -0.25) is 4.57 Å². The monoisotopic (exact) mass is 399 g/mol. The van der Waals surface area contributed by atoms with Gasteiger partial charge in [-0.1, -0.05) is 70.4 Å². The third-order valence-electron chi connectivity index (χ3n) is 4.57. The SMILES string of the molecule is CCCCCCCCCCCOc1ccc(CNCCCP(=O)(O)O)cc1. The fraction of sp³-hybridized carbons (Fsp3) is 0.714. The molecule has 0 aliphatic carbocycles. The molecule has 0 aliphatic rings. The van der Waals surface area contributed by atoms with E-state index in [-0.39, 0.29) is 6.16 Å². The van der Waals surface area contributed by atoms with Gasteiger partial charge in [-0.05, 0) is 37.1 Å². The van der Waals surface area contributed by atoms with Gasteiger partial charge >= 0.3 is 7.60 Å². The third kappa shape index (κ3) is 14.8. The van der Waals surface area contributed by atoms with Gasteiger partial charge in [0.05, 0.1) is 12.8 Å². The van der Waals surface area contributed by atoms with E-state index in [0.29, 0.717) is 19.5 Å². The lowest BCUT2D eigenvalue weighted by Crippen LogP contribution is -2.15. The molecule has 0 bridgehead atoms. The summed E-state index contributed by atoms with van der Waals surface area (Å²) in [5.74, 6) is 0.903. The molecule has 156 valence electrons. The van der Waals surface area contributed by atoms with Crippen LogP contribution in [0.4, 0.5) is 0 Å². The van der Waals surface area contributed by atoms with Crippen LogP contribution >= 0.6 is 7.60 Å². The molecule has 0 aliphatic heterocycles. The number of hydrogen-bond acceptors (Lipinski definition) is 3. The molecule has 0 radical (unpaired) electrons. The molecule has 0 unspecified atom stereocenters. The summed E-state index contributed by atoms with van der Waals surface area (Å²) < 4.78 is 16.6. The molecule has 27 heavy (non-hydrogen) atoms. The van der Waals surface area contributed by atoms with Gasteiger partial charge in [0.1, 0.15) is 5.75 Å². The first-order valence-corrected chi connectivity index (χ1v) is 12.3. The molecule has 5 nitrogen and oxygen atoms in total. The standard InChI is InChI=1S/C21H38NO4P/c1-2-3-4-5-6-7-8-9-10-17-26-21-14-12-20(13-15-21)19-22-16-11-18-27(23,24)25/h12-15,22H,2-11,16-19H2,1H3,(H2,23,24,25). The molecular weight excluding hydrogens is 361 g/mol. The van der Waals surface area contributed by atoms with Crippen molar-refractivity contribution in [3.63, 3.8) is 0 Å². The zero-order valence-electron chi connectivity index (χ0n) is 16.9. The minimum absolute atomic E-state index is 0.0639. The predicted molar refractivity (Wildman–Crippen MR) is 112 cm³/mol. The van der Waals surface area contributed by atoms with Crippen LogP contribution < -0.4 is 10.1 Å². The molecule has 0 saturated carbocycles. The summed E-state index contributed by atoms with van der Waals surface area (Å²) in [6.07, 6.45) is 12.2. The third-order valence-corrected chi connectivity index (χ3v) is 5.47. The fourth-order valence-electron chi connectivity index (χ4n) is 2.95. The highest BCUT2D eigenvalue weighted by Gasteiger charge is 2.10. The maximum absolute atomic E-state index is 10.8. The molecule has 0 spiro atoms. The maximum Gasteiger partial charge on any atom is 0.325 e. The first kappa shape index (κ1) is 24.2. The topological polar surface area (TPSA) is 78.8 Å². The van der Waals surface area contributed by atoms with Crippen molar-refractivity contribution >= 4 is 7.60 Å². The smallest absolute Gasteiger partial charge is 0.325 e. The number of benzene rings is 1. The van der Waals surface area contributed by atoms with Crippen LogP contribution in [0.25, 0.3) is 0 Å². The molecule has 1 aromatic rings. The summed E-state index contributed by atoms with van der Waals surface area (Å²) in [7, 11) is -3.87. The quantitative estimate of drug-likeness (QED) is 0.246. The Kier molecular flexibility index (Phi) is 13.5. The summed E-state index contributed by atoms with van der Waals surface area (Å²) in [6, 6.07) is 8.03. The highest BCUT2D eigenvalue weighted by atomic mass is 31.2. The van der Waals surface area contributed by atoms with E-state index in [4.69, 9.17) is 14.5 Å². The van der Waals surface area contributed by atoms with Gasteiger partial charge in [-0.25, -0.2) is 0 Å². The number of rotatable bonds is 17. The molecular formula is C21H38NO4P. The van der Waals surface area contributed by atoms with Crippen molar-refractivity contribution in [1.82, 2.24) is 5.32 Å². The molecule has 0 aromatic heterocycles. The number of unbranched alkanes of at least 4 members (excludes halogenated alkanes) is 8. The summed E-state index contributed by atoms with van der Waals surface area (Å²) in [5.41, 5.74) is 1.14. The van der Waals surface area contributed by atoms with Crippen molar-refractivity contribution in [2.24, 2.45) is 0 Å². The average Bonchev–Trinajstić information content (AvgIpc) is 2.63. The Morgan fingerprint density at radius 2 is 1.48 bits per heavy atom. The van der Waals surface area contributed by atoms with E-state index in [1.54, 1.807) is 0 Å². The normalized spacial score (nSPS) is 11.7. The minimum atomic E-state index is -3.87. The van der Waals surface area contributed by atoms with Crippen LogP contribution in [0.15, 0.2) is 24.3 Å². The van der Waals surface area contributed by atoms with Gasteiger partial charge in [0.25, 0.3) is 0 Å². The largest absolute Gasteiger partial charge is 0.494 e. The van der Waals surface area contributed by atoms with Crippen molar-refractivity contribution in [1.29, 1.82) is 0 Å². The summed E-state index contributed by atoms with van der Waals surface area (Å²) in [6.45, 7) is 4.32. The van der Waals surface area contributed by atoms with E-state index in [2.05, 4.69) is 12.2 Å². The minimum Gasteiger partial charge on any atom is -0.494 e. The van der Waals surface area contributed by atoms with Crippen LogP contribution in [0.5, 0.6) is 5.75 Å². The molecule has 0 saturated heterocycles. The van der Waals surface area contributed by atoms with Gasteiger partial charge < -0.3 is 19.8 Å². The number of ether oxygens (including phenoxy) is 1. The van der Waals surface area contributed by atoms with Gasteiger partial charge in [-0.2, -0.15) is 0 Å². The average molecular weight is 400 g/mol. The Morgan fingerprint density at radius 1 is 0.889 bits per heavy atom.